The van der Waals surface area contributed by atoms with Gasteiger partial charge in [0.2, 0.25) is 0 Å². The zero-order valence-electron chi connectivity index (χ0n) is 10.1. The van der Waals surface area contributed by atoms with Crippen LogP contribution in [0.3, 0.4) is 0 Å². The van der Waals surface area contributed by atoms with Crippen LogP contribution in [0.1, 0.15) is 12.0 Å². The average molecular weight is 273 g/mol. The monoisotopic (exact) mass is 272 g/mol. The van der Waals surface area contributed by atoms with Crippen molar-refractivity contribution in [3.05, 3.63) is 28.8 Å². The molecule has 0 radical (unpaired) electrons. The van der Waals surface area contributed by atoms with Gasteiger partial charge in [0.25, 0.3) is 0 Å². The van der Waals surface area contributed by atoms with E-state index in [2.05, 4.69) is 4.90 Å². The van der Waals surface area contributed by atoms with E-state index >= 15 is 0 Å². The number of anilines is 1. The molecule has 0 aromatic heterocycles. The minimum absolute atomic E-state index is 0.323. The van der Waals surface area contributed by atoms with Crippen molar-refractivity contribution in [2.75, 3.05) is 32.2 Å². The summed E-state index contributed by atoms with van der Waals surface area (Å²) in [6.07, 6.45) is 0.974. The van der Waals surface area contributed by atoms with E-state index in [0.29, 0.717) is 10.0 Å². The summed E-state index contributed by atoms with van der Waals surface area (Å²) in [4.78, 5) is 2.44. The zero-order valence-corrected chi connectivity index (χ0v) is 11.6. The van der Waals surface area contributed by atoms with E-state index in [-0.39, 0.29) is 0 Å². The molecular weight excluding hydrogens is 256 g/mol. The highest BCUT2D eigenvalue weighted by atomic mass is 35.5. The molecule has 0 spiro atoms. The first-order valence-corrected chi connectivity index (χ1v) is 6.14. The fourth-order valence-corrected chi connectivity index (χ4v) is 2.03. The molecular formula is C12H17ClN2OS. The summed E-state index contributed by atoms with van der Waals surface area (Å²) in [5.74, 6) is 0. The van der Waals surface area contributed by atoms with Crippen LogP contribution in [0.5, 0.6) is 0 Å². The molecule has 0 bridgehead atoms. The minimum atomic E-state index is 0.323. The number of hydrogen-bond acceptors (Lipinski definition) is 3. The summed E-state index contributed by atoms with van der Waals surface area (Å²) in [7, 11) is 3.72. The van der Waals surface area contributed by atoms with Crippen LogP contribution in [0, 0.1) is 0 Å². The van der Waals surface area contributed by atoms with Crippen LogP contribution in [0.2, 0.25) is 5.02 Å². The van der Waals surface area contributed by atoms with E-state index in [1.54, 1.807) is 7.11 Å². The molecule has 0 amide bonds. The van der Waals surface area contributed by atoms with E-state index in [1.807, 2.05) is 25.2 Å². The van der Waals surface area contributed by atoms with Gasteiger partial charge in [0.1, 0.15) is 4.99 Å². The predicted octanol–water partition coefficient (Wildman–Crippen LogP) is 2.45. The summed E-state index contributed by atoms with van der Waals surface area (Å²) >= 11 is 11.0. The third kappa shape index (κ3) is 4.15. The highest BCUT2D eigenvalue weighted by molar-refractivity contribution is 7.80. The number of thiocarbonyl (C=S) groups is 1. The predicted molar refractivity (Wildman–Crippen MR) is 77.1 cm³/mol. The Balaban J connectivity index is 2.72. The first-order chi connectivity index (χ1) is 8.06. The highest BCUT2D eigenvalue weighted by Gasteiger charge is 2.06. The van der Waals surface area contributed by atoms with Gasteiger partial charge in [-0.2, -0.15) is 0 Å². The lowest BCUT2D eigenvalue weighted by Crippen LogP contribution is -2.20. The van der Waals surface area contributed by atoms with Crippen molar-refractivity contribution < 1.29 is 4.74 Å². The molecule has 0 aliphatic rings. The molecule has 0 fully saturated rings. The summed E-state index contributed by atoms with van der Waals surface area (Å²) in [5, 5.41) is 0.591. The molecule has 0 aliphatic heterocycles. The van der Waals surface area contributed by atoms with Gasteiger partial charge in [-0.25, -0.2) is 0 Å². The Morgan fingerprint density at radius 3 is 2.76 bits per heavy atom. The Labute approximate surface area is 112 Å². The molecule has 1 rings (SSSR count). The third-order valence-electron chi connectivity index (χ3n) is 2.50. The fourth-order valence-electron chi connectivity index (χ4n) is 1.52. The van der Waals surface area contributed by atoms with Gasteiger partial charge in [-0.1, -0.05) is 23.8 Å². The molecule has 0 saturated carbocycles. The Kier molecular flexibility index (Phi) is 5.68. The van der Waals surface area contributed by atoms with Gasteiger partial charge >= 0.3 is 0 Å². The Bertz CT molecular complexity index is 398. The number of halogens is 1. The lowest BCUT2D eigenvalue weighted by Gasteiger charge is -2.20. The summed E-state index contributed by atoms with van der Waals surface area (Å²) in [6, 6.07) is 5.70. The molecule has 0 atom stereocenters. The molecule has 3 nitrogen and oxygen atoms in total. The summed E-state index contributed by atoms with van der Waals surface area (Å²) in [5.41, 5.74) is 7.32. The van der Waals surface area contributed by atoms with Crippen molar-refractivity contribution in [2.45, 2.75) is 6.42 Å². The topological polar surface area (TPSA) is 38.5 Å². The molecule has 1 aromatic carbocycles. The van der Waals surface area contributed by atoms with Gasteiger partial charge in [-0.05, 0) is 24.6 Å². The molecule has 2 N–H and O–H groups in total. The van der Waals surface area contributed by atoms with Gasteiger partial charge in [0.05, 0.1) is 5.02 Å². The lowest BCUT2D eigenvalue weighted by molar-refractivity contribution is 0.196. The minimum Gasteiger partial charge on any atom is -0.389 e. The number of ether oxygens (including phenoxy) is 1. The van der Waals surface area contributed by atoms with Crippen molar-refractivity contribution in [2.24, 2.45) is 5.73 Å². The molecule has 5 heteroatoms. The van der Waals surface area contributed by atoms with Crippen LogP contribution in [-0.4, -0.2) is 32.3 Å². The van der Waals surface area contributed by atoms with Gasteiger partial charge in [0.15, 0.2) is 0 Å². The zero-order chi connectivity index (χ0) is 12.8. The SMILES string of the molecule is COCCCN(C)c1ccc(C(N)=S)c(Cl)c1. The number of methoxy groups -OCH3 is 1. The summed E-state index contributed by atoms with van der Waals surface area (Å²) in [6.45, 7) is 1.67. The lowest BCUT2D eigenvalue weighted by atomic mass is 10.2. The van der Waals surface area contributed by atoms with E-state index in [4.69, 9.17) is 34.3 Å². The Morgan fingerprint density at radius 1 is 1.53 bits per heavy atom. The molecule has 0 unspecified atom stereocenters. The number of benzene rings is 1. The molecule has 0 saturated heterocycles. The second-order valence-corrected chi connectivity index (χ2v) is 4.64. The van der Waals surface area contributed by atoms with Crippen molar-refractivity contribution in [1.82, 2.24) is 0 Å². The average Bonchev–Trinajstić information content (AvgIpc) is 2.28. The molecule has 1 aromatic rings. The van der Waals surface area contributed by atoms with Crippen molar-refractivity contribution in [3.63, 3.8) is 0 Å². The maximum absolute atomic E-state index is 6.11. The molecule has 94 valence electrons. The second kappa shape index (κ2) is 6.79. The molecule has 17 heavy (non-hydrogen) atoms. The quantitative estimate of drug-likeness (QED) is 0.638. The van der Waals surface area contributed by atoms with E-state index in [1.165, 1.54) is 0 Å². The van der Waals surface area contributed by atoms with Crippen molar-refractivity contribution in [3.8, 4) is 0 Å². The van der Waals surface area contributed by atoms with Crippen molar-refractivity contribution >= 4 is 34.5 Å². The van der Waals surface area contributed by atoms with E-state index in [9.17, 15) is 0 Å². The summed E-state index contributed by atoms with van der Waals surface area (Å²) < 4.78 is 5.02. The Morgan fingerprint density at radius 2 is 2.24 bits per heavy atom. The first-order valence-electron chi connectivity index (χ1n) is 5.35. The standard InChI is InChI=1S/C12H17ClN2OS/c1-15(6-3-7-16-2)9-4-5-10(12(14)17)11(13)8-9/h4-5,8H,3,6-7H2,1-2H3,(H2,14,17). The first kappa shape index (κ1) is 14.2. The number of rotatable bonds is 6. The maximum Gasteiger partial charge on any atom is 0.105 e. The smallest absolute Gasteiger partial charge is 0.105 e. The maximum atomic E-state index is 6.11. The number of hydrogen-bond donors (Lipinski definition) is 1. The largest absolute Gasteiger partial charge is 0.389 e. The van der Waals surface area contributed by atoms with Crippen LogP contribution in [0.4, 0.5) is 5.69 Å². The highest BCUT2D eigenvalue weighted by Crippen LogP contribution is 2.23. The van der Waals surface area contributed by atoms with Crippen LogP contribution < -0.4 is 10.6 Å². The van der Waals surface area contributed by atoms with Crippen LogP contribution >= 0.6 is 23.8 Å². The second-order valence-electron chi connectivity index (χ2n) is 3.80. The van der Waals surface area contributed by atoms with E-state index in [0.717, 1.165) is 30.8 Å². The Hall–Kier alpha value is -0.840. The normalized spacial score (nSPS) is 10.3. The van der Waals surface area contributed by atoms with Gasteiger partial charge in [0, 0.05) is 38.6 Å². The molecule has 0 heterocycles. The number of nitrogens with zero attached hydrogens (tertiary/aromatic N) is 1. The fraction of sp³-hybridized carbons (Fsp3) is 0.417. The van der Waals surface area contributed by atoms with Gasteiger partial charge in [-0.3, -0.25) is 0 Å². The molecule has 0 aliphatic carbocycles. The van der Waals surface area contributed by atoms with Crippen LogP contribution in [0.25, 0.3) is 0 Å². The van der Waals surface area contributed by atoms with Crippen LogP contribution in [0.15, 0.2) is 18.2 Å². The van der Waals surface area contributed by atoms with Gasteiger partial charge in [-0.15, -0.1) is 0 Å². The van der Waals surface area contributed by atoms with E-state index < -0.39 is 0 Å². The number of nitrogens with two attached hydrogens (primary N) is 1. The van der Waals surface area contributed by atoms with Crippen LogP contribution in [-0.2, 0) is 4.74 Å². The van der Waals surface area contributed by atoms with Gasteiger partial charge < -0.3 is 15.4 Å². The third-order valence-corrected chi connectivity index (χ3v) is 3.03. The van der Waals surface area contributed by atoms with Crippen molar-refractivity contribution in [1.29, 1.82) is 0 Å².